The minimum Gasteiger partial charge on any atom is -0.328 e. The second-order valence-corrected chi connectivity index (χ2v) is 4.19. The molecule has 3 heteroatoms. The molecule has 0 bridgehead atoms. The molecule has 0 amide bonds. The number of rotatable bonds is 2. The van der Waals surface area contributed by atoms with E-state index in [1.165, 1.54) is 5.57 Å². The Bertz CT molecular complexity index is 302. The van der Waals surface area contributed by atoms with E-state index in [9.17, 15) is 0 Å². The van der Waals surface area contributed by atoms with Crippen LogP contribution in [0.3, 0.4) is 0 Å². The summed E-state index contributed by atoms with van der Waals surface area (Å²) in [7, 11) is 2.01. The van der Waals surface area contributed by atoms with Crippen molar-refractivity contribution < 1.29 is 0 Å². The van der Waals surface area contributed by atoms with Gasteiger partial charge in [0.25, 0.3) is 0 Å². The van der Waals surface area contributed by atoms with Gasteiger partial charge in [-0.25, -0.2) is 0 Å². The van der Waals surface area contributed by atoms with Crippen LogP contribution in [0.2, 0.25) is 0 Å². The highest BCUT2D eigenvalue weighted by Crippen LogP contribution is 2.25. The van der Waals surface area contributed by atoms with Crippen molar-refractivity contribution in [2.45, 2.75) is 25.4 Å². The molecule has 2 N–H and O–H groups in total. The van der Waals surface area contributed by atoms with Crippen molar-refractivity contribution in [3.63, 3.8) is 0 Å². The molecule has 1 aliphatic heterocycles. The van der Waals surface area contributed by atoms with Crippen LogP contribution >= 0.6 is 0 Å². The monoisotopic (exact) mass is 191 g/mol. The first-order valence-electron chi connectivity index (χ1n) is 5.08. The Morgan fingerprint density at radius 3 is 3.14 bits per heavy atom. The summed E-state index contributed by atoms with van der Waals surface area (Å²) >= 11 is 0. The Morgan fingerprint density at radius 1 is 1.64 bits per heavy atom. The Kier molecular flexibility index (Phi) is 2.42. The van der Waals surface area contributed by atoms with Gasteiger partial charge in [0.1, 0.15) is 0 Å². The van der Waals surface area contributed by atoms with E-state index in [0.29, 0.717) is 12.0 Å². The van der Waals surface area contributed by atoms with E-state index in [1.54, 1.807) is 0 Å². The summed E-state index contributed by atoms with van der Waals surface area (Å²) in [5.74, 6) is 0.443. The minimum atomic E-state index is 0.235. The van der Waals surface area contributed by atoms with Gasteiger partial charge in [0.15, 0.2) is 0 Å². The summed E-state index contributed by atoms with van der Waals surface area (Å²) in [6.45, 7) is 2.04. The summed E-state index contributed by atoms with van der Waals surface area (Å²) in [6.07, 6.45) is 9.64. The fraction of sp³-hybridized carbons (Fsp3) is 0.545. The standard InChI is InChI=1S/C11H17N3/c1-8(12)5-9-3-4-11-10(6-9)7-13-14(11)2/h3-4,6-8,10-11H,5,12H2,1-2H3. The van der Waals surface area contributed by atoms with E-state index in [1.807, 2.05) is 25.2 Å². The molecule has 76 valence electrons. The van der Waals surface area contributed by atoms with E-state index in [2.05, 4.69) is 23.3 Å². The molecular weight excluding hydrogens is 174 g/mol. The summed E-state index contributed by atoms with van der Waals surface area (Å²) < 4.78 is 0. The van der Waals surface area contributed by atoms with Crippen molar-refractivity contribution in [1.82, 2.24) is 5.01 Å². The third kappa shape index (κ3) is 1.73. The fourth-order valence-electron chi connectivity index (χ4n) is 2.02. The lowest BCUT2D eigenvalue weighted by Gasteiger charge is -2.23. The van der Waals surface area contributed by atoms with Gasteiger partial charge in [-0.2, -0.15) is 5.10 Å². The molecule has 1 aliphatic carbocycles. The second kappa shape index (κ2) is 3.58. The first kappa shape index (κ1) is 9.46. The van der Waals surface area contributed by atoms with E-state index in [-0.39, 0.29) is 6.04 Å². The molecule has 1 heterocycles. The lowest BCUT2D eigenvalue weighted by Crippen LogP contribution is -2.28. The van der Waals surface area contributed by atoms with E-state index in [4.69, 9.17) is 5.73 Å². The van der Waals surface area contributed by atoms with Crippen molar-refractivity contribution >= 4 is 6.21 Å². The third-order valence-electron chi connectivity index (χ3n) is 2.72. The van der Waals surface area contributed by atoms with Gasteiger partial charge in [-0.3, -0.25) is 5.01 Å². The molecular formula is C11H17N3. The Morgan fingerprint density at radius 2 is 2.43 bits per heavy atom. The molecule has 2 aliphatic rings. The van der Waals surface area contributed by atoms with Crippen molar-refractivity contribution in [3.05, 3.63) is 23.8 Å². The predicted molar refractivity (Wildman–Crippen MR) is 59.0 cm³/mol. The maximum absolute atomic E-state index is 5.77. The SMILES string of the molecule is CC(N)CC1=CC2C=NN(C)C2C=C1. The molecule has 0 aromatic carbocycles. The van der Waals surface area contributed by atoms with Gasteiger partial charge in [0.2, 0.25) is 0 Å². The first-order chi connectivity index (χ1) is 6.66. The number of nitrogens with zero attached hydrogens (tertiary/aromatic N) is 2. The number of fused-ring (bicyclic) bond motifs is 1. The van der Waals surface area contributed by atoms with Crippen LogP contribution < -0.4 is 5.73 Å². The second-order valence-electron chi connectivity index (χ2n) is 4.19. The van der Waals surface area contributed by atoms with Gasteiger partial charge in [-0.05, 0) is 18.9 Å². The number of hydrazone groups is 1. The van der Waals surface area contributed by atoms with Crippen LogP contribution in [-0.2, 0) is 0 Å². The number of allylic oxidation sites excluding steroid dienone is 1. The first-order valence-corrected chi connectivity index (χ1v) is 5.08. The van der Waals surface area contributed by atoms with E-state index >= 15 is 0 Å². The van der Waals surface area contributed by atoms with Crippen LogP contribution in [0, 0.1) is 5.92 Å². The molecule has 0 spiro atoms. The van der Waals surface area contributed by atoms with Gasteiger partial charge in [0, 0.05) is 25.2 Å². The number of hydrogen-bond acceptors (Lipinski definition) is 3. The zero-order valence-corrected chi connectivity index (χ0v) is 8.72. The van der Waals surface area contributed by atoms with Crippen LogP contribution in [0.5, 0.6) is 0 Å². The molecule has 3 unspecified atom stereocenters. The summed E-state index contributed by atoms with van der Waals surface area (Å²) in [6, 6.07) is 0.658. The highest BCUT2D eigenvalue weighted by Gasteiger charge is 2.26. The molecule has 3 nitrogen and oxygen atoms in total. The van der Waals surface area contributed by atoms with Crippen molar-refractivity contribution in [2.75, 3.05) is 7.05 Å². The minimum absolute atomic E-state index is 0.235. The smallest absolute Gasteiger partial charge is 0.0763 e. The highest BCUT2D eigenvalue weighted by atomic mass is 15.5. The zero-order chi connectivity index (χ0) is 10.1. The topological polar surface area (TPSA) is 41.6 Å². The summed E-state index contributed by atoms with van der Waals surface area (Å²) in [5, 5.41) is 6.28. The predicted octanol–water partition coefficient (Wildman–Crippen LogP) is 1.14. The van der Waals surface area contributed by atoms with Crippen LogP contribution in [0.25, 0.3) is 0 Å². The quantitative estimate of drug-likeness (QED) is 0.711. The van der Waals surface area contributed by atoms with Gasteiger partial charge in [0.05, 0.1) is 6.04 Å². The maximum Gasteiger partial charge on any atom is 0.0763 e. The largest absolute Gasteiger partial charge is 0.328 e. The molecule has 3 atom stereocenters. The zero-order valence-electron chi connectivity index (χ0n) is 8.72. The van der Waals surface area contributed by atoms with Crippen LogP contribution in [0.15, 0.2) is 28.9 Å². The van der Waals surface area contributed by atoms with E-state index in [0.717, 1.165) is 6.42 Å². The molecule has 0 aromatic rings. The highest BCUT2D eigenvalue weighted by molar-refractivity contribution is 5.68. The molecule has 0 aromatic heterocycles. The van der Waals surface area contributed by atoms with E-state index < -0.39 is 0 Å². The summed E-state index contributed by atoms with van der Waals surface area (Å²) in [4.78, 5) is 0. The molecule has 14 heavy (non-hydrogen) atoms. The van der Waals surface area contributed by atoms with Crippen molar-refractivity contribution in [3.8, 4) is 0 Å². The van der Waals surface area contributed by atoms with Gasteiger partial charge < -0.3 is 5.73 Å². The third-order valence-corrected chi connectivity index (χ3v) is 2.72. The molecule has 0 fully saturated rings. The number of hydrogen-bond donors (Lipinski definition) is 1. The molecule has 0 saturated heterocycles. The van der Waals surface area contributed by atoms with Crippen LogP contribution in [0.4, 0.5) is 0 Å². The van der Waals surface area contributed by atoms with Crippen LogP contribution in [0.1, 0.15) is 13.3 Å². The normalized spacial score (nSPS) is 31.6. The molecule has 2 rings (SSSR count). The number of likely N-dealkylation sites (N-methyl/N-ethyl adjacent to an activating group) is 1. The Balaban J connectivity index is 2.08. The number of nitrogens with two attached hydrogens (primary N) is 1. The summed E-state index contributed by atoms with van der Waals surface area (Å²) in [5.41, 5.74) is 7.11. The van der Waals surface area contributed by atoms with Gasteiger partial charge in [-0.15, -0.1) is 0 Å². The average Bonchev–Trinajstić information content (AvgIpc) is 2.46. The lowest BCUT2D eigenvalue weighted by atomic mass is 9.91. The average molecular weight is 191 g/mol. The Labute approximate surface area is 85.0 Å². The van der Waals surface area contributed by atoms with Crippen molar-refractivity contribution in [1.29, 1.82) is 0 Å². The fourth-order valence-corrected chi connectivity index (χ4v) is 2.02. The molecule has 0 saturated carbocycles. The van der Waals surface area contributed by atoms with Gasteiger partial charge >= 0.3 is 0 Å². The maximum atomic E-state index is 5.77. The molecule has 0 radical (unpaired) electrons. The van der Waals surface area contributed by atoms with Crippen molar-refractivity contribution in [2.24, 2.45) is 16.8 Å². The van der Waals surface area contributed by atoms with Gasteiger partial charge in [-0.1, -0.05) is 18.2 Å². The Hall–Kier alpha value is -1.09. The lowest BCUT2D eigenvalue weighted by molar-refractivity contribution is 0.306. The van der Waals surface area contributed by atoms with Crippen LogP contribution in [-0.4, -0.2) is 30.4 Å².